The van der Waals surface area contributed by atoms with E-state index < -0.39 is 8.07 Å². The third-order valence-corrected chi connectivity index (χ3v) is 13.4. The van der Waals surface area contributed by atoms with Crippen molar-refractivity contribution in [3.05, 3.63) is 0 Å². The standard InChI is InChI=1S/C30H54O5Si/c1-18(8-11-27(34)35-19(2)17-36(5,6)7)22-9-10-23-28-24(16-26(33)30(22,23)4)29(3)13-12-21(31)14-20(29)15-25(28)32/h18-26,28,31-33H,8-17H2,1-7H3/t18?,19?,20?,21-,22?,23?,24+,25-,26+,28-,29?,30?/m1/s1. The number of hydrogen-bond donors (Lipinski definition) is 3. The Morgan fingerprint density at radius 3 is 2.36 bits per heavy atom. The number of carbonyl (C=O) groups is 1. The van der Waals surface area contributed by atoms with Crippen LogP contribution in [-0.4, -0.2) is 53.8 Å². The minimum absolute atomic E-state index is 0.0103. The maximum atomic E-state index is 12.6. The van der Waals surface area contributed by atoms with E-state index in [1.165, 1.54) is 0 Å². The van der Waals surface area contributed by atoms with Crippen LogP contribution in [0.2, 0.25) is 25.7 Å². The number of rotatable bonds is 7. The van der Waals surface area contributed by atoms with Gasteiger partial charge in [0.25, 0.3) is 0 Å². The maximum Gasteiger partial charge on any atom is 0.306 e. The van der Waals surface area contributed by atoms with Crippen molar-refractivity contribution in [2.24, 2.45) is 46.3 Å². The van der Waals surface area contributed by atoms with Gasteiger partial charge in [0.05, 0.1) is 24.4 Å². The summed E-state index contributed by atoms with van der Waals surface area (Å²) in [6, 6.07) is 0.993. The zero-order valence-electron chi connectivity index (χ0n) is 24.0. The first-order chi connectivity index (χ1) is 16.7. The average molecular weight is 523 g/mol. The third-order valence-electron chi connectivity index (χ3n) is 11.6. The van der Waals surface area contributed by atoms with Gasteiger partial charge in [-0.3, -0.25) is 4.79 Å². The summed E-state index contributed by atoms with van der Waals surface area (Å²) < 4.78 is 5.74. The number of fused-ring (bicyclic) bond motifs is 5. The van der Waals surface area contributed by atoms with E-state index in [9.17, 15) is 20.1 Å². The highest BCUT2D eigenvalue weighted by atomic mass is 28.3. The molecule has 36 heavy (non-hydrogen) atoms. The van der Waals surface area contributed by atoms with Gasteiger partial charge in [-0.05, 0) is 111 Å². The second kappa shape index (κ2) is 10.3. The number of aliphatic hydroxyl groups is 3. The Hall–Kier alpha value is -0.433. The molecule has 0 aliphatic heterocycles. The molecule has 5 nitrogen and oxygen atoms in total. The second-order valence-electron chi connectivity index (χ2n) is 15.1. The van der Waals surface area contributed by atoms with Gasteiger partial charge in [0.2, 0.25) is 0 Å². The molecule has 0 radical (unpaired) electrons. The van der Waals surface area contributed by atoms with Crippen LogP contribution in [0.25, 0.3) is 0 Å². The van der Waals surface area contributed by atoms with E-state index in [0.717, 1.165) is 57.4 Å². The Morgan fingerprint density at radius 1 is 1.00 bits per heavy atom. The van der Waals surface area contributed by atoms with Crippen molar-refractivity contribution >= 4 is 14.0 Å². The van der Waals surface area contributed by atoms with Gasteiger partial charge in [-0.15, -0.1) is 0 Å². The Balaban J connectivity index is 1.43. The van der Waals surface area contributed by atoms with Crippen molar-refractivity contribution in [1.82, 2.24) is 0 Å². The highest BCUT2D eigenvalue weighted by Crippen LogP contribution is 2.68. The zero-order valence-corrected chi connectivity index (χ0v) is 25.0. The summed E-state index contributed by atoms with van der Waals surface area (Å²) in [5, 5.41) is 33.5. The molecule has 4 aliphatic rings. The first-order valence-electron chi connectivity index (χ1n) is 14.9. The van der Waals surface area contributed by atoms with Crippen LogP contribution in [-0.2, 0) is 9.53 Å². The predicted molar refractivity (Wildman–Crippen MR) is 146 cm³/mol. The lowest BCUT2D eigenvalue weighted by Crippen LogP contribution is -2.62. The van der Waals surface area contributed by atoms with Crippen LogP contribution < -0.4 is 0 Å². The molecular formula is C30H54O5Si. The lowest BCUT2D eigenvalue weighted by Gasteiger charge is -2.63. The molecule has 0 spiro atoms. The Kier molecular flexibility index (Phi) is 8.15. The molecule has 12 atom stereocenters. The van der Waals surface area contributed by atoms with Crippen molar-refractivity contribution in [1.29, 1.82) is 0 Å². The summed E-state index contributed by atoms with van der Waals surface area (Å²) >= 11 is 0. The van der Waals surface area contributed by atoms with Gasteiger partial charge in [-0.1, -0.05) is 40.4 Å². The fraction of sp³-hybridized carbons (Fsp3) is 0.967. The molecule has 3 N–H and O–H groups in total. The summed E-state index contributed by atoms with van der Waals surface area (Å²) in [4.78, 5) is 12.6. The highest BCUT2D eigenvalue weighted by Gasteiger charge is 2.65. The summed E-state index contributed by atoms with van der Waals surface area (Å²) in [5.74, 6) is 1.83. The summed E-state index contributed by atoms with van der Waals surface area (Å²) in [5.41, 5.74) is -0.112. The quantitative estimate of drug-likeness (QED) is 0.298. The van der Waals surface area contributed by atoms with Crippen molar-refractivity contribution in [3.8, 4) is 0 Å². The summed E-state index contributed by atoms with van der Waals surface area (Å²) in [6.45, 7) is 15.9. The summed E-state index contributed by atoms with van der Waals surface area (Å²) in [7, 11) is -1.27. The lowest BCUT2D eigenvalue weighted by atomic mass is 9.43. The fourth-order valence-electron chi connectivity index (χ4n) is 9.87. The van der Waals surface area contributed by atoms with E-state index in [1.807, 2.05) is 6.92 Å². The van der Waals surface area contributed by atoms with Gasteiger partial charge in [-0.2, -0.15) is 0 Å². The molecule has 0 aromatic rings. The largest absolute Gasteiger partial charge is 0.463 e. The summed E-state index contributed by atoms with van der Waals surface area (Å²) in [6.07, 6.45) is 6.58. The van der Waals surface area contributed by atoms with E-state index in [-0.39, 0.29) is 47.1 Å². The molecule has 208 valence electrons. The Morgan fingerprint density at radius 2 is 1.69 bits per heavy atom. The van der Waals surface area contributed by atoms with Gasteiger partial charge in [0, 0.05) is 14.5 Å². The van der Waals surface area contributed by atoms with Crippen molar-refractivity contribution in [2.75, 3.05) is 0 Å². The molecule has 6 heteroatoms. The molecule has 0 aromatic carbocycles. The van der Waals surface area contributed by atoms with Gasteiger partial charge >= 0.3 is 5.97 Å². The van der Waals surface area contributed by atoms with E-state index in [1.54, 1.807) is 0 Å². The van der Waals surface area contributed by atoms with Crippen molar-refractivity contribution in [2.45, 2.75) is 136 Å². The Bertz CT molecular complexity index is 797. The van der Waals surface area contributed by atoms with E-state index in [4.69, 9.17) is 4.74 Å². The molecule has 7 unspecified atom stereocenters. The lowest BCUT2D eigenvalue weighted by molar-refractivity contribution is -0.207. The number of hydrogen-bond acceptors (Lipinski definition) is 5. The molecule has 0 amide bonds. The molecular weight excluding hydrogens is 468 g/mol. The van der Waals surface area contributed by atoms with Crippen LogP contribution in [0.1, 0.15) is 85.5 Å². The molecule has 4 aliphatic carbocycles. The van der Waals surface area contributed by atoms with Crippen LogP contribution >= 0.6 is 0 Å². The molecule has 4 rings (SSSR count). The van der Waals surface area contributed by atoms with Crippen LogP contribution in [0.3, 0.4) is 0 Å². The normalized spacial score (nSPS) is 46.3. The second-order valence-corrected chi connectivity index (χ2v) is 20.6. The first-order valence-corrected chi connectivity index (χ1v) is 18.6. The first kappa shape index (κ1) is 28.6. The monoisotopic (exact) mass is 522 g/mol. The van der Waals surface area contributed by atoms with E-state index >= 15 is 0 Å². The predicted octanol–water partition coefficient (Wildman–Crippen LogP) is 5.63. The molecule has 0 heterocycles. The number of carbonyl (C=O) groups excluding carboxylic acids is 1. The topological polar surface area (TPSA) is 87.0 Å². The number of ether oxygens (including phenoxy) is 1. The maximum absolute atomic E-state index is 12.6. The molecule has 4 saturated carbocycles. The van der Waals surface area contributed by atoms with Gasteiger partial charge in [0.1, 0.15) is 0 Å². The Labute approximate surface area is 220 Å². The molecule has 0 saturated heterocycles. The minimum atomic E-state index is -1.27. The van der Waals surface area contributed by atoms with Crippen LogP contribution in [0.15, 0.2) is 0 Å². The van der Waals surface area contributed by atoms with Crippen LogP contribution in [0.4, 0.5) is 0 Å². The van der Waals surface area contributed by atoms with Crippen LogP contribution in [0.5, 0.6) is 0 Å². The van der Waals surface area contributed by atoms with Crippen molar-refractivity contribution < 1.29 is 24.9 Å². The van der Waals surface area contributed by atoms with E-state index in [0.29, 0.717) is 36.0 Å². The van der Waals surface area contributed by atoms with Crippen molar-refractivity contribution in [3.63, 3.8) is 0 Å². The minimum Gasteiger partial charge on any atom is -0.463 e. The van der Waals surface area contributed by atoms with Gasteiger partial charge in [0.15, 0.2) is 0 Å². The smallest absolute Gasteiger partial charge is 0.306 e. The molecule has 0 bridgehead atoms. The molecule has 4 fully saturated rings. The highest BCUT2D eigenvalue weighted by molar-refractivity contribution is 6.76. The SMILES string of the molecule is CC(C[Si](C)(C)C)OC(=O)CCC(C)C1CCC2[C@H]3[C@H](O)CC4C[C@H](O)CCC4(C)[C@H]3C[C@H](O)C12C. The van der Waals surface area contributed by atoms with Gasteiger partial charge < -0.3 is 20.1 Å². The fourth-order valence-corrected chi connectivity index (χ4v) is 11.7. The van der Waals surface area contributed by atoms with Crippen LogP contribution in [0, 0.1) is 46.3 Å². The zero-order chi connectivity index (χ0) is 26.6. The molecule has 0 aromatic heterocycles. The number of esters is 1. The average Bonchev–Trinajstić information content (AvgIpc) is 3.11. The van der Waals surface area contributed by atoms with Gasteiger partial charge in [-0.25, -0.2) is 0 Å². The van der Waals surface area contributed by atoms with E-state index in [2.05, 4.69) is 40.4 Å². The number of aliphatic hydroxyl groups excluding tert-OH is 3. The third kappa shape index (κ3) is 5.22.